The molecule has 1 amide bonds. The summed E-state index contributed by atoms with van der Waals surface area (Å²) in [5.41, 5.74) is 4.60. The summed E-state index contributed by atoms with van der Waals surface area (Å²) in [6.07, 6.45) is 0. The van der Waals surface area contributed by atoms with E-state index in [1.54, 1.807) is 36.4 Å². The topological polar surface area (TPSA) is 50.7 Å². The number of halogens is 1. The first kappa shape index (κ1) is 16.0. The summed E-state index contributed by atoms with van der Waals surface area (Å²) in [4.78, 5) is 12.0. The van der Waals surface area contributed by atoms with E-state index in [-0.39, 0.29) is 5.91 Å². The Labute approximate surface area is 134 Å². The predicted molar refractivity (Wildman–Crippen MR) is 88.7 cm³/mol. The van der Waals surface area contributed by atoms with Gasteiger partial charge in [-0.05, 0) is 55.8 Å². The molecule has 0 saturated heterocycles. The van der Waals surface area contributed by atoms with Crippen molar-refractivity contribution >= 4 is 23.2 Å². The van der Waals surface area contributed by atoms with E-state index in [1.165, 1.54) is 0 Å². The Morgan fingerprint density at radius 2 is 1.91 bits per heavy atom. The Morgan fingerprint density at radius 1 is 1.18 bits per heavy atom. The third kappa shape index (κ3) is 4.33. The maximum Gasteiger partial charge on any atom is 0.271 e. The zero-order chi connectivity index (χ0) is 15.9. The number of amides is 1. The van der Waals surface area contributed by atoms with Crippen molar-refractivity contribution in [3.05, 3.63) is 64.7 Å². The van der Waals surface area contributed by atoms with Crippen LogP contribution >= 0.6 is 11.6 Å². The van der Waals surface area contributed by atoms with Gasteiger partial charge in [-0.25, -0.2) is 5.43 Å². The Bertz CT molecular complexity index is 681. The summed E-state index contributed by atoms with van der Waals surface area (Å²) in [7, 11) is 0. The highest BCUT2D eigenvalue weighted by atomic mass is 35.5. The molecule has 22 heavy (non-hydrogen) atoms. The van der Waals surface area contributed by atoms with E-state index in [4.69, 9.17) is 16.3 Å². The lowest BCUT2D eigenvalue weighted by Crippen LogP contribution is -2.19. The van der Waals surface area contributed by atoms with Gasteiger partial charge < -0.3 is 4.74 Å². The van der Waals surface area contributed by atoms with E-state index < -0.39 is 0 Å². The van der Waals surface area contributed by atoms with Gasteiger partial charge in [0.05, 0.1) is 12.3 Å². The molecule has 0 saturated carbocycles. The molecule has 0 radical (unpaired) electrons. The first-order valence-corrected chi connectivity index (χ1v) is 7.31. The van der Waals surface area contributed by atoms with E-state index in [0.29, 0.717) is 22.9 Å². The van der Waals surface area contributed by atoms with Gasteiger partial charge in [0.1, 0.15) is 5.75 Å². The van der Waals surface area contributed by atoms with Crippen LogP contribution in [-0.2, 0) is 0 Å². The SMILES string of the molecule is CCOc1ccc(C(=O)N/N=C(/C)c2cccc(Cl)c2)cc1. The Morgan fingerprint density at radius 3 is 2.55 bits per heavy atom. The van der Waals surface area contributed by atoms with Crippen molar-refractivity contribution in [3.63, 3.8) is 0 Å². The molecule has 2 aromatic rings. The molecule has 0 aliphatic heterocycles. The lowest BCUT2D eigenvalue weighted by Gasteiger charge is -2.05. The monoisotopic (exact) mass is 316 g/mol. The lowest BCUT2D eigenvalue weighted by atomic mass is 10.1. The first-order chi connectivity index (χ1) is 10.6. The lowest BCUT2D eigenvalue weighted by molar-refractivity contribution is 0.0955. The van der Waals surface area contributed by atoms with E-state index in [1.807, 2.05) is 26.0 Å². The van der Waals surface area contributed by atoms with Gasteiger partial charge >= 0.3 is 0 Å². The third-order valence-electron chi connectivity index (χ3n) is 3.00. The minimum atomic E-state index is -0.274. The van der Waals surface area contributed by atoms with Crippen LogP contribution in [0.2, 0.25) is 5.02 Å². The smallest absolute Gasteiger partial charge is 0.271 e. The van der Waals surface area contributed by atoms with Gasteiger partial charge in [0.25, 0.3) is 5.91 Å². The van der Waals surface area contributed by atoms with Crippen LogP contribution in [0.4, 0.5) is 0 Å². The zero-order valence-electron chi connectivity index (χ0n) is 12.5. The van der Waals surface area contributed by atoms with Crippen LogP contribution < -0.4 is 10.2 Å². The minimum absolute atomic E-state index is 0.274. The number of carbonyl (C=O) groups is 1. The van der Waals surface area contributed by atoms with Crippen LogP contribution in [-0.4, -0.2) is 18.2 Å². The van der Waals surface area contributed by atoms with Crippen LogP contribution in [0.5, 0.6) is 5.75 Å². The summed E-state index contributed by atoms with van der Waals surface area (Å²) in [6, 6.07) is 14.2. The molecule has 0 aliphatic carbocycles. The van der Waals surface area contributed by atoms with Gasteiger partial charge in [0.15, 0.2) is 0 Å². The molecule has 2 rings (SSSR count). The largest absolute Gasteiger partial charge is 0.494 e. The average molecular weight is 317 g/mol. The molecule has 5 heteroatoms. The van der Waals surface area contributed by atoms with Gasteiger partial charge in [0.2, 0.25) is 0 Å². The Balaban J connectivity index is 2.03. The maximum atomic E-state index is 12.0. The van der Waals surface area contributed by atoms with Crippen LogP contribution in [0, 0.1) is 0 Å². The summed E-state index contributed by atoms with van der Waals surface area (Å²) >= 11 is 5.93. The van der Waals surface area contributed by atoms with Gasteiger partial charge in [-0.1, -0.05) is 23.7 Å². The quantitative estimate of drug-likeness (QED) is 0.672. The number of nitrogens with zero attached hydrogens (tertiary/aromatic N) is 1. The van der Waals surface area contributed by atoms with Crippen molar-refractivity contribution in [3.8, 4) is 5.75 Å². The van der Waals surface area contributed by atoms with E-state index in [9.17, 15) is 4.79 Å². The third-order valence-corrected chi connectivity index (χ3v) is 3.23. The molecule has 1 N–H and O–H groups in total. The molecule has 0 spiro atoms. The van der Waals surface area contributed by atoms with Crippen molar-refractivity contribution in [1.29, 1.82) is 0 Å². The molecule has 2 aromatic carbocycles. The van der Waals surface area contributed by atoms with Crippen molar-refractivity contribution in [1.82, 2.24) is 5.43 Å². The van der Waals surface area contributed by atoms with Gasteiger partial charge in [-0.3, -0.25) is 4.79 Å². The van der Waals surface area contributed by atoms with E-state index in [0.717, 1.165) is 11.3 Å². The zero-order valence-corrected chi connectivity index (χ0v) is 13.2. The molecule has 114 valence electrons. The summed E-state index contributed by atoms with van der Waals surface area (Å²) in [5.74, 6) is 0.460. The van der Waals surface area contributed by atoms with Gasteiger partial charge in [0, 0.05) is 10.6 Å². The summed E-state index contributed by atoms with van der Waals surface area (Å²) < 4.78 is 5.34. The molecule has 0 atom stereocenters. The number of hydrogen-bond donors (Lipinski definition) is 1. The molecular weight excluding hydrogens is 300 g/mol. The highest BCUT2D eigenvalue weighted by molar-refractivity contribution is 6.31. The first-order valence-electron chi connectivity index (χ1n) is 6.93. The minimum Gasteiger partial charge on any atom is -0.494 e. The van der Waals surface area contributed by atoms with Crippen molar-refractivity contribution in [2.24, 2.45) is 5.10 Å². The fourth-order valence-electron chi connectivity index (χ4n) is 1.85. The van der Waals surface area contributed by atoms with Crippen molar-refractivity contribution in [2.75, 3.05) is 6.61 Å². The highest BCUT2D eigenvalue weighted by Gasteiger charge is 2.05. The Kier molecular flexibility index (Phi) is 5.55. The molecule has 0 heterocycles. The number of hydrogen-bond acceptors (Lipinski definition) is 3. The fourth-order valence-corrected chi connectivity index (χ4v) is 2.04. The normalized spacial score (nSPS) is 11.1. The second-order valence-corrected chi connectivity index (χ2v) is 5.04. The second kappa shape index (κ2) is 7.61. The molecule has 0 aromatic heterocycles. The molecule has 0 unspecified atom stereocenters. The van der Waals surface area contributed by atoms with Crippen LogP contribution in [0.3, 0.4) is 0 Å². The maximum absolute atomic E-state index is 12.0. The fraction of sp³-hybridized carbons (Fsp3) is 0.176. The summed E-state index contributed by atoms with van der Waals surface area (Å²) in [5, 5.41) is 4.73. The van der Waals surface area contributed by atoms with Gasteiger partial charge in [-0.2, -0.15) is 5.10 Å². The number of carbonyl (C=O) groups excluding carboxylic acids is 1. The number of benzene rings is 2. The van der Waals surface area contributed by atoms with Crippen LogP contribution in [0.25, 0.3) is 0 Å². The van der Waals surface area contributed by atoms with Crippen LogP contribution in [0.15, 0.2) is 53.6 Å². The average Bonchev–Trinajstić information content (AvgIpc) is 2.53. The predicted octanol–water partition coefficient (Wildman–Crippen LogP) is 3.89. The van der Waals surface area contributed by atoms with Crippen LogP contribution in [0.1, 0.15) is 29.8 Å². The number of nitrogens with one attached hydrogen (secondary N) is 1. The highest BCUT2D eigenvalue weighted by Crippen LogP contribution is 2.13. The molecular formula is C17H17ClN2O2. The van der Waals surface area contributed by atoms with Gasteiger partial charge in [-0.15, -0.1) is 0 Å². The number of rotatable bonds is 5. The van der Waals surface area contributed by atoms with E-state index in [2.05, 4.69) is 10.5 Å². The Hall–Kier alpha value is -2.33. The molecule has 4 nitrogen and oxygen atoms in total. The summed E-state index contributed by atoms with van der Waals surface area (Å²) in [6.45, 7) is 4.31. The number of hydrazone groups is 1. The van der Waals surface area contributed by atoms with Crippen molar-refractivity contribution in [2.45, 2.75) is 13.8 Å². The number of ether oxygens (including phenoxy) is 1. The molecule has 0 bridgehead atoms. The van der Waals surface area contributed by atoms with E-state index >= 15 is 0 Å². The van der Waals surface area contributed by atoms with Crippen molar-refractivity contribution < 1.29 is 9.53 Å². The standard InChI is InChI=1S/C17H17ClN2O2/c1-3-22-16-9-7-13(8-10-16)17(21)20-19-12(2)14-5-4-6-15(18)11-14/h4-11H,3H2,1-2H3,(H,20,21)/b19-12-. The molecule has 0 fully saturated rings. The molecule has 0 aliphatic rings. The second-order valence-electron chi connectivity index (χ2n) is 4.61.